The number of thiocarbonyl (C=S) groups is 1. The summed E-state index contributed by atoms with van der Waals surface area (Å²) in [6.45, 7) is 0.289. The highest BCUT2D eigenvalue weighted by molar-refractivity contribution is 7.80. The maximum absolute atomic E-state index is 12.2. The molecule has 0 unspecified atom stereocenters. The van der Waals surface area contributed by atoms with E-state index in [1.807, 2.05) is 6.07 Å². The van der Waals surface area contributed by atoms with E-state index in [0.717, 1.165) is 5.56 Å². The molecule has 0 aliphatic heterocycles. The van der Waals surface area contributed by atoms with Crippen LogP contribution in [-0.4, -0.2) is 19.2 Å². The van der Waals surface area contributed by atoms with Crippen LogP contribution in [0, 0.1) is 0 Å². The second-order valence-electron chi connectivity index (χ2n) is 4.54. The fraction of sp³-hybridized carbons (Fsp3) is 0.0714. The minimum Gasteiger partial charge on any atom is -0.389 e. The second kappa shape index (κ2) is 5.31. The van der Waals surface area contributed by atoms with E-state index in [2.05, 4.69) is 5.10 Å². The molecule has 106 valence electrons. The van der Waals surface area contributed by atoms with Gasteiger partial charge in [0.15, 0.2) is 5.65 Å². The van der Waals surface area contributed by atoms with E-state index in [1.54, 1.807) is 36.5 Å². The highest BCUT2D eigenvalue weighted by Crippen LogP contribution is 2.18. The van der Waals surface area contributed by atoms with Crippen molar-refractivity contribution >= 4 is 34.5 Å². The predicted molar refractivity (Wildman–Crippen MR) is 85.9 cm³/mol. The van der Waals surface area contributed by atoms with E-state index in [9.17, 15) is 4.79 Å². The summed E-state index contributed by atoms with van der Waals surface area (Å²) in [7, 11) is 0. The Morgan fingerprint density at radius 1 is 1.33 bits per heavy atom. The first-order valence-corrected chi connectivity index (χ1v) is 6.97. The van der Waals surface area contributed by atoms with Crippen LogP contribution in [0.4, 0.5) is 0 Å². The minimum absolute atomic E-state index is 0.208. The Balaban J connectivity index is 2.01. The van der Waals surface area contributed by atoms with E-state index in [4.69, 9.17) is 29.6 Å². The highest BCUT2D eigenvalue weighted by Gasteiger charge is 2.09. The summed E-state index contributed by atoms with van der Waals surface area (Å²) in [4.78, 5) is 12.5. The van der Waals surface area contributed by atoms with Gasteiger partial charge in [0.25, 0.3) is 0 Å². The largest absolute Gasteiger partial charge is 0.389 e. The van der Waals surface area contributed by atoms with Crippen molar-refractivity contribution in [3.63, 3.8) is 0 Å². The van der Waals surface area contributed by atoms with Crippen LogP contribution in [0.3, 0.4) is 0 Å². The van der Waals surface area contributed by atoms with Crippen molar-refractivity contribution in [2.75, 3.05) is 0 Å². The number of fused-ring (bicyclic) bond motifs is 1. The number of nitrogens with two attached hydrogens (primary N) is 1. The Kier molecular flexibility index (Phi) is 3.48. The van der Waals surface area contributed by atoms with Gasteiger partial charge >= 0.3 is 5.69 Å². The zero-order valence-electron chi connectivity index (χ0n) is 10.9. The molecule has 0 aliphatic rings. The van der Waals surface area contributed by atoms with E-state index < -0.39 is 0 Å². The summed E-state index contributed by atoms with van der Waals surface area (Å²) < 4.78 is 2.86. The van der Waals surface area contributed by atoms with Crippen LogP contribution in [0.2, 0.25) is 5.02 Å². The topological polar surface area (TPSA) is 65.3 Å². The van der Waals surface area contributed by atoms with Crippen LogP contribution in [0.15, 0.2) is 47.4 Å². The Labute approximate surface area is 130 Å². The maximum atomic E-state index is 12.2. The molecule has 0 spiro atoms. The number of hydrogen-bond donors (Lipinski definition) is 1. The third-order valence-corrected chi connectivity index (χ3v) is 3.73. The van der Waals surface area contributed by atoms with Crippen molar-refractivity contribution in [2.45, 2.75) is 6.54 Å². The molecule has 2 N–H and O–H groups in total. The van der Waals surface area contributed by atoms with Crippen LogP contribution < -0.4 is 11.4 Å². The Morgan fingerprint density at radius 2 is 2.14 bits per heavy atom. The molecule has 0 atom stereocenters. The molecule has 2 heterocycles. The van der Waals surface area contributed by atoms with Gasteiger partial charge in [-0.25, -0.2) is 9.48 Å². The second-order valence-corrected chi connectivity index (χ2v) is 5.39. The fourth-order valence-corrected chi connectivity index (χ4v) is 2.43. The molecule has 0 saturated heterocycles. The van der Waals surface area contributed by atoms with Gasteiger partial charge in [-0.15, -0.1) is 5.10 Å². The standard InChI is InChI=1S/C14H11ClN4OS/c15-11-7-9(13(16)21)4-5-10(11)8-19-14(20)18-6-2-1-3-12(18)17-19/h1-7H,8H2,(H2,16,21). The van der Waals surface area contributed by atoms with E-state index in [1.165, 1.54) is 9.08 Å². The summed E-state index contributed by atoms with van der Waals surface area (Å²) in [5.74, 6) is 0. The summed E-state index contributed by atoms with van der Waals surface area (Å²) in [6, 6.07) is 10.7. The number of hydrogen-bond acceptors (Lipinski definition) is 3. The molecule has 0 fully saturated rings. The number of rotatable bonds is 3. The van der Waals surface area contributed by atoms with E-state index in [0.29, 0.717) is 16.2 Å². The van der Waals surface area contributed by atoms with Gasteiger partial charge in [0.05, 0.1) is 6.54 Å². The predicted octanol–water partition coefficient (Wildman–Crippen LogP) is 1.83. The van der Waals surface area contributed by atoms with Gasteiger partial charge in [-0.05, 0) is 23.8 Å². The quantitative estimate of drug-likeness (QED) is 0.748. The van der Waals surface area contributed by atoms with Gasteiger partial charge in [0.1, 0.15) is 4.99 Å². The summed E-state index contributed by atoms with van der Waals surface area (Å²) >= 11 is 11.1. The van der Waals surface area contributed by atoms with E-state index in [-0.39, 0.29) is 17.2 Å². The van der Waals surface area contributed by atoms with Crippen LogP contribution in [-0.2, 0) is 6.54 Å². The van der Waals surface area contributed by atoms with Gasteiger partial charge < -0.3 is 5.73 Å². The monoisotopic (exact) mass is 318 g/mol. The first kappa shape index (κ1) is 13.8. The van der Waals surface area contributed by atoms with E-state index >= 15 is 0 Å². The van der Waals surface area contributed by atoms with Gasteiger partial charge in [0.2, 0.25) is 0 Å². The van der Waals surface area contributed by atoms with Gasteiger partial charge in [-0.3, -0.25) is 4.40 Å². The zero-order valence-corrected chi connectivity index (χ0v) is 12.4. The van der Waals surface area contributed by atoms with Crippen LogP contribution in [0.25, 0.3) is 5.65 Å². The normalized spacial score (nSPS) is 10.9. The average Bonchev–Trinajstić information content (AvgIpc) is 2.78. The van der Waals surface area contributed by atoms with Crippen LogP contribution in [0.1, 0.15) is 11.1 Å². The molecule has 0 bridgehead atoms. The fourth-order valence-electron chi connectivity index (χ4n) is 2.06. The zero-order chi connectivity index (χ0) is 15.0. The molecule has 0 amide bonds. The Hall–Kier alpha value is -2.18. The lowest BCUT2D eigenvalue weighted by Crippen LogP contribution is -2.21. The molecular weight excluding hydrogens is 308 g/mol. The highest BCUT2D eigenvalue weighted by atomic mass is 35.5. The molecule has 21 heavy (non-hydrogen) atoms. The van der Waals surface area contributed by atoms with Crippen molar-refractivity contribution in [3.05, 3.63) is 69.2 Å². The molecule has 5 nitrogen and oxygen atoms in total. The Morgan fingerprint density at radius 3 is 2.81 bits per heavy atom. The molecule has 3 aromatic rings. The number of aromatic nitrogens is 3. The summed E-state index contributed by atoms with van der Waals surface area (Å²) in [6.07, 6.45) is 1.68. The van der Waals surface area contributed by atoms with Gasteiger partial charge in [0, 0.05) is 16.8 Å². The van der Waals surface area contributed by atoms with Crippen molar-refractivity contribution in [3.8, 4) is 0 Å². The molecule has 1 aromatic carbocycles. The van der Waals surface area contributed by atoms with Crippen molar-refractivity contribution in [2.24, 2.45) is 5.73 Å². The van der Waals surface area contributed by atoms with Crippen molar-refractivity contribution < 1.29 is 0 Å². The Bertz CT molecular complexity index is 899. The van der Waals surface area contributed by atoms with Crippen molar-refractivity contribution in [1.29, 1.82) is 0 Å². The summed E-state index contributed by atoms with van der Waals surface area (Å²) in [5.41, 5.74) is 7.43. The van der Waals surface area contributed by atoms with Gasteiger partial charge in [-0.1, -0.05) is 42.0 Å². The number of benzene rings is 1. The number of pyridine rings is 1. The lowest BCUT2D eigenvalue weighted by Gasteiger charge is -2.05. The first-order chi connectivity index (χ1) is 10.1. The van der Waals surface area contributed by atoms with Gasteiger partial charge in [-0.2, -0.15) is 0 Å². The average molecular weight is 319 g/mol. The molecule has 2 aromatic heterocycles. The lowest BCUT2D eigenvalue weighted by molar-refractivity contribution is 0.659. The number of nitrogens with zero attached hydrogens (tertiary/aromatic N) is 3. The van der Waals surface area contributed by atoms with Crippen LogP contribution >= 0.6 is 23.8 Å². The minimum atomic E-state index is -0.208. The van der Waals surface area contributed by atoms with Crippen LogP contribution in [0.5, 0.6) is 0 Å². The molecule has 3 rings (SSSR count). The molecule has 0 saturated carbocycles. The molecule has 7 heteroatoms. The lowest BCUT2D eigenvalue weighted by atomic mass is 10.1. The smallest absolute Gasteiger partial charge is 0.350 e. The number of halogens is 1. The third-order valence-electron chi connectivity index (χ3n) is 3.15. The third kappa shape index (κ3) is 2.55. The molecular formula is C14H11ClN4OS. The molecule has 0 radical (unpaired) electrons. The summed E-state index contributed by atoms with van der Waals surface area (Å²) in [5, 5.41) is 4.77. The maximum Gasteiger partial charge on any atom is 0.350 e. The van der Waals surface area contributed by atoms with Crippen molar-refractivity contribution in [1.82, 2.24) is 14.2 Å². The first-order valence-electron chi connectivity index (χ1n) is 6.19. The SMILES string of the molecule is NC(=S)c1ccc(Cn2nc3ccccn3c2=O)c(Cl)c1. The molecule has 0 aliphatic carbocycles.